The van der Waals surface area contributed by atoms with Gasteiger partial charge in [0.05, 0.1) is 23.5 Å². The molecule has 0 aliphatic rings. The van der Waals surface area contributed by atoms with E-state index < -0.39 is 0 Å². The summed E-state index contributed by atoms with van der Waals surface area (Å²) in [6.07, 6.45) is 4.95. The van der Waals surface area contributed by atoms with Crippen molar-refractivity contribution in [3.8, 4) is 10.4 Å². The van der Waals surface area contributed by atoms with E-state index in [4.69, 9.17) is 5.73 Å². The number of nitrogens with zero attached hydrogens (tertiary/aromatic N) is 3. The largest absolute Gasteiger partial charge is 0.383 e. The first-order valence-corrected chi connectivity index (χ1v) is 11.7. The van der Waals surface area contributed by atoms with Crippen molar-refractivity contribution in [1.29, 1.82) is 0 Å². The van der Waals surface area contributed by atoms with Gasteiger partial charge >= 0.3 is 0 Å². The lowest BCUT2D eigenvalue weighted by molar-refractivity contribution is 0.0940. The third-order valence-electron chi connectivity index (χ3n) is 5.63. The summed E-state index contributed by atoms with van der Waals surface area (Å²) in [6, 6.07) is 13.3. The maximum absolute atomic E-state index is 13.2. The summed E-state index contributed by atoms with van der Waals surface area (Å²) in [7, 11) is 0. The third kappa shape index (κ3) is 4.69. The number of halogens is 1. The van der Waals surface area contributed by atoms with Crippen LogP contribution in [0.25, 0.3) is 21.5 Å². The van der Waals surface area contributed by atoms with Gasteiger partial charge in [0.2, 0.25) is 0 Å². The fourth-order valence-corrected chi connectivity index (χ4v) is 4.78. The number of nitrogens with one attached hydrogen (secondary N) is 3. The van der Waals surface area contributed by atoms with Gasteiger partial charge in [-0.15, -0.1) is 11.3 Å². The highest BCUT2D eigenvalue weighted by Crippen LogP contribution is 2.35. The van der Waals surface area contributed by atoms with Gasteiger partial charge in [0.1, 0.15) is 29.4 Å². The quantitative estimate of drug-likeness (QED) is 0.259. The Balaban J connectivity index is 1.29. The number of nitrogen functional groups attached to an aromatic ring is 1. The molecule has 5 aromatic rings. The van der Waals surface area contributed by atoms with Crippen LogP contribution in [-0.4, -0.2) is 25.8 Å². The van der Waals surface area contributed by atoms with Gasteiger partial charge in [0.25, 0.3) is 5.91 Å². The number of amides is 1. The Bertz CT molecular complexity index is 1500. The minimum absolute atomic E-state index is 0.265. The predicted molar refractivity (Wildman–Crippen MR) is 135 cm³/mol. The molecule has 4 aromatic heterocycles. The van der Waals surface area contributed by atoms with Gasteiger partial charge in [-0.25, -0.2) is 19.3 Å². The minimum atomic E-state index is -0.316. The molecule has 0 spiro atoms. The van der Waals surface area contributed by atoms with Crippen LogP contribution in [0.1, 0.15) is 33.8 Å². The first-order valence-electron chi connectivity index (χ1n) is 10.9. The van der Waals surface area contributed by atoms with E-state index >= 15 is 0 Å². The Kier molecular flexibility index (Phi) is 6.11. The highest BCUT2D eigenvalue weighted by atomic mass is 32.1. The predicted octanol–water partition coefficient (Wildman–Crippen LogP) is 4.91. The number of aromatic nitrogens is 4. The molecule has 176 valence electrons. The number of benzene rings is 1. The van der Waals surface area contributed by atoms with Gasteiger partial charge < -0.3 is 21.4 Å². The monoisotopic (exact) mass is 487 g/mol. The fraction of sp³-hybridized carbons (Fsp3) is 0.120. The van der Waals surface area contributed by atoms with E-state index in [-0.39, 0.29) is 17.8 Å². The molecule has 0 saturated carbocycles. The van der Waals surface area contributed by atoms with Gasteiger partial charge in [-0.1, -0.05) is 12.1 Å². The molecule has 35 heavy (non-hydrogen) atoms. The number of pyridine rings is 1. The van der Waals surface area contributed by atoms with Gasteiger partial charge in [-0.05, 0) is 48.9 Å². The molecule has 1 aromatic carbocycles. The number of carbonyl (C=O) groups excluding carboxylic acids is 1. The Hall–Kier alpha value is -4.31. The molecule has 0 fully saturated rings. The number of rotatable bonds is 7. The standard InChI is InChI=1S/C25H22FN7OS/c1-14(15-4-6-16(26)7-5-15)33-25(34)18-3-2-10-28-23(18)29-11-17-8-9-20(35-17)19-12-30-24-21(19)22(27)31-13-32-24/h2-10,12-14H,11H2,1H3,(H,28,29)(H,33,34)(H3,27,30,31,32)/t14-/m0/s1. The number of fused-ring (bicyclic) bond motifs is 1. The molecule has 0 radical (unpaired) electrons. The molecule has 5 N–H and O–H groups in total. The van der Waals surface area contributed by atoms with Crippen molar-refractivity contribution in [2.24, 2.45) is 0 Å². The van der Waals surface area contributed by atoms with Crippen molar-refractivity contribution in [2.45, 2.75) is 19.5 Å². The summed E-state index contributed by atoms with van der Waals surface area (Å²) < 4.78 is 13.2. The van der Waals surface area contributed by atoms with E-state index in [1.165, 1.54) is 18.5 Å². The molecule has 1 atom stereocenters. The first kappa shape index (κ1) is 22.5. The van der Waals surface area contributed by atoms with E-state index in [9.17, 15) is 9.18 Å². The summed E-state index contributed by atoms with van der Waals surface area (Å²) >= 11 is 1.60. The number of carbonyl (C=O) groups is 1. The van der Waals surface area contributed by atoms with Crippen LogP contribution >= 0.6 is 11.3 Å². The molecule has 8 nitrogen and oxygen atoms in total. The Morgan fingerprint density at radius 2 is 1.97 bits per heavy atom. The molecule has 0 aliphatic heterocycles. The highest BCUT2D eigenvalue weighted by Gasteiger charge is 2.17. The highest BCUT2D eigenvalue weighted by molar-refractivity contribution is 7.15. The number of thiophene rings is 1. The van der Waals surface area contributed by atoms with Crippen LogP contribution in [0.3, 0.4) is 0 Å². The van der Waals surface area contributed by atoms with Crippen LogP contribution in [0.2, 0.25) is 0 Å². The third-order valence-corrected chi connectivity index (χ3v) is 6.74. The van der Waals surface area contributed by atoms with Crippen LogP contribution < -0.4 is 16.4 Å². The van der Waals surface area contributed by atoms with E-state index in [2.05, 4.69) is 30.6 Å². The number of nitrogens with two attached hydrogens (primary N) is 1. The maximum Gasteiger partial charge on any atom is 0.255 e. The van der Waals surface area contributed by atoms with Crippen molar-refractivity contribution in [1.82, 2.24) is 25.3 Å². The Morgan fingerprint density at radius 1 is 1.14 bits per heavy atom. The van der Waals surface area contributed by atoms with E-state index in [1.54, 1.807) is 41.8 Å². The molecule has 10 heteroatoms. The molecule has 4 heterocycles. The van der Waals surface area contributed by atoms with Crippen LogP contribution in [0, 0.1) is 5.82 Å². The van der Waals surface area contributed by atoms with E-state index in [0.717, 1.165) is 26.3 Å². The molecule has 5 rings (SSSR count). The van der Waals surface area contributed by atoms with Crippen molar-refractivity contribution >= 4 is 39.9 Å². The summed E-state index contributed by atoms with van der Waals surface area (Å²) in [5.41, 5.74) is 8.95. The number of hydrogen-bond acceptors (Lipinski definition) is 7. The molecular formula is C25H22FN7OS. The molecule has 0 unspecified atom stereocenters. The number of hydrogen-bond donors (Lipinski definition) is 4. The van der Waals surface area contributed by atoms with Crippen molar-refractivity contribution < 1.29 is 9.18 Å². The second-order valence-electron chi connectivity index (χ2n) is 7.95. The SMILES string of the molecule is C[C@H](NC(=O)c1cccnc1NCc1ccc(-c2c[nH]c3ncnc(N)c23)s1)c1ccc(F)cc1. The average molecular weight is 488 g/mol. The molecule has 0 saturated heterocycles. The van der Waals surface area contributed by atoms with Crippen molar-refractivity contribution in [3.63, 3.8) is 0 Å². The minimum Gasteiger partial charge on any atom is -0.383 e. The summed E-state index contributed by atoms with van der Waals surface area (Å²) in [5.74, 6) is 0.331. The lowest BCUT2D eigenvalue weighted by atomic mass is 10.1. The maximum atomic E-state index is 13.2. The van der Waals surface area contributed by atoms with Crippen molar-refractivity contribution in [3.05, 3.63) is 89.1 Å². The van der Waals surface area contributed by atoms with Crippen molar-refractivity contribution in [2.75, 3.05) is 11.1 Å². The van der Waals surface area contributed by atoms with Gasteiger partial charge in [-0.2, -0.15) is 0 Å². The van der Waals surface area contributed by atoms with E-state index in [0.29, 0.717) is 29.4 Å². The number of aromatic amines is 1. The topological polar surface area (TPSA) is 122 Å². The second kappa shape index (κ2) is 9.51. The normalized spacial score (nSPS) is 11.9. The fourth-order valence-electron chi connectivity index (χ4n) is 3.81. The molecule has 1 amide bonds. The Morgan fingerprint density at radius 3 is 2.80 bits per heavy atom. The van der Waals surface area contributed by atoms with Gasteiger partial charge in [-0.3, -0.25) is 4.79 Å². The summed E-state index contributed by atoms with van der Waals surface area (Å²) in [6.45, 7) is 2.34. The summed E-state index contributed by atoms with van der Waals surface area (Å²) in [4.78, 5) is 30.8. The molecular weight excluding hydrogens is 465 g/mol. The zero-order valence-electron chi connectivity index (χ0n) is 18.7. The number of anilines is 2. The average Bonchev–Trinajstić information content (AvgIpc) is 3.51. The summed E-state index contributed by atoms with van der Waals surface area (Å²) in [5, 5.41) is 7.02. The lowest BCUT2D eigenvalue weighted by Crippen LogP contribution is -2.27. The zero-order valence-corrected chi connectivity index (χ0v) is 19.6. The second-order valence-corrected chi connectivity index (χ2v) is 9.12. The smallest absolute Gasteiger partial charge is 0.255 e. The van der Waals surface area contributed by atoms with Crippen LogP contribution in [-0.2, 0) is 6.54 Å². The zero-order chi connectivity index (χ0) is 24.4. The van der Waals surface area contributed by atoms with Crippen LogP contribution in [0.4, 0.5) is 16.0 Å². The van der Waals surface area contributed by atoms with Gasteiger partial charge in [0, 0.05) is 27.7 Å². The number of H-pyrrole nitrogens is 1. The van der Waals surface area contributed by atoms with Gasteiger partial charge in [0.15, 0.2) is 0 Å². The first-order chi connectivity index (χ1) is 17.0. The lowest BCUT2D eigenvalue weighted by Gasteiger charge is -2.16. The van der Waals surface area contributed by atoms with Crippen LogP contribution in [0.15, 0.2) is 67.3 Å². The molecule has 0 aliphatic carbocycles. The Labute approximate surface area is 204 Å². The van der Waals surface area contributed by atoms with Crippen LogP contribution in [0.5, 0.6) is 0 Å². The van der Waals surface area contributed by atoms with E-state index in [1.807, 2.05) is 25.3 Å². The molecule has 0 bridgehead atoms.